The van der Waals surface area contributed by atoms with Gasteiger partial charge < -0.3 is 14.6 Å². The Kier molecular flexibility index (Phi) is 18.7. The summed E-state index contributed by atoms with van der Waals surface area (Å²) in [5, 5.41) is 8.57. The number of unbranched alkanes of at least 4 members (excludes halogenated alkanes) is 12. The predicted octanol–water partition coefficient (Wildman–Crippen LogP) is 6.86. The van der Waals surface area contributed by atoms with Crippen molar-refractivity contribution in [3.63, 3.8) is 0 Å². The lowest BCUT2D eigenvalue weighted by Crippen LogP contribution is -2.22. The second-order valence-corrected chi connectivity index (χ2v) is 14.6. The van der Waals surface area contributed by atoms with Crippen LogP contribution in [0.4, 0.5) is 0 Å². The molecular weight excluding hydrogens is 356 g/mol. The molecule has 0 rings (SSSR count). The highest BCUT2D eigenvalue weighted by Crippen LogP contribution is 2.13. The smallest absolute Gasteiger partial charge is 0.303 e. The van der Waals surface area contributed by atoms with E-state index < -0.39 is 14.0 Å². The van der Waals surface area contributed by atoms with Crippen molar-refractivity contribution in [3.8, 4) is 0 Å². The van der Waals surface area contributed by atoms with Gasteiger partial charge in [-0.2, -0.15) is 0 Å². The Hall–Kier alpha value is -0.393. The largest absolute Gasteiger partial charge is 0.481 e. The molecule has 1 N–H and O–H groups in total. The maximum Gasteiger partial charge on any atom is 0.303 e. The Morgan fingerprint density at radius 3 is 1.52 bits per heavy atom. The summed E-state index contributed by atoms with van der Waals surface area (Å²) in [6.45, 7) is 9.24. The van der Waals surface area contributed by atoms with Gasteiger partial charge in [0.1, 0.15) is 6.79 Å². The highest BCUT2D eigenvalue weighted by atomic mass is 28.3. The number of ether oxygens (including phenoxy) is 2. The molecule has 0 aliphatic carbocycles. The topological polar surface area (TPSA) is 55.8 Å². The number of hydrogen-bond donors (Lipinski definition) is 1. The van der Waals surface area contributed by atoms with Crippen molar-refractivity contribution in [3.05, 3.63) is 0 Å². The van der Waals surface area contributed by atoms with Crippen LogP contribution in [0.1, 0.15) is 89.9 Å². The first kappa shape index (κ1) is 26.6. The quantitative estimate of drug-likeness (QED) is 0.129. The minimum atomic E-state index is -0.971. The van der Waals surface area contributed by atoms with Crippen LogP contribution in [0.5, 0.6) is 0 Å². The lowest BCUT2D eigenvalue weighted by Gasteiger charge is -2.15. The van der Waals surface area contributed by atoms with Crippen molar-refractivity contribution in [2.24, 2.45) is 0 Å². The fraction of sp³-hybridized carbons (Fsp3) is 0.955. The van der Waals surface area contributed by atoms with Crippen LogP contribution >= 0.6 is 0 Å². The number of rotatable bonds is 21. The monoisotopic (exact) mass is 402 g/mol. The first-order chi connectivity index (χ1) is 12.9. The van der Waals surface area contributed by atoms with Crippen LogP contribution in [-0.4, -0.2) is 39.2 Å². The Morgan fingerprint density at radius 2 is 1.07 bits per heavy atom. The van der Waals surface area contributed by atoms with E-state index in [1.54, 1.807) is 0 Å². The van der Waals surface area contributed by atoms with Gasteiger partial charge in [-0.05, 0) is 18.9 Å². The molecule has 27 heavy (non-hydrogen) atoms. The van der Waals surface area contributed by atoms with Crippen molar-refractivity contribution in [2.45, 2.75) is 116 Å². The van der Waals surface area contributed by atoms with E-state index in [9.17, 15) is 4.79 Å². The Bertz CT molecular complexity index is 329. The molecule has 0 aliphatic rings. The number of carbonyl (C=O) groups is 1. The molecule has 0 aromatic carbocycles. The summed E-state index contributed by atoms with van der Waals surface area (Å²) in [6, 6.07) is 1.21. The number of aliphatic carboxylic acids is 1. The van der Waals surface area contributed by atoms with E-state index >= 15 is 0 Å². The lowest BCUT2D eigenvalue weighted by molar-refractivity contribution is -0.137. The molecule has 162 valence electrons. The summed E-state index contributed by atoms with van der Waals surface area (Å²) < 4.78 is 11.1. The molecule has 0 fully saturated rings. The van der Waals surface area contributed by atoms with Crippen LogP contribution < -0.4 is 0 Å². The Morgan fingerprint density at radius 1 is 0.667 bits per heavy atom. The minimum Gasteiger partial charge on any atom is -0.481 e. The van der Waals surface area contributed by atoms with Crippen LogP contribution in [0.2, 0.25) is 25.7 Å². The number of carboxylic acid groups (broad SMARTS) is 1. The molecule has 0 atom stereocenters. The van der Waals surface area contributed by atoms with Crippen molar-refractivity contribution in [1.29, 1.82) is 0 Å². The molecule has 4 nitrogen and oxygen atoms in total. The van der Waals surface area contributed by atoms with Crippen LogP contribution in [0.25, 0.3) is 0 Å². The van der Waals surface area contributed by atoms with Gasteiger partial charge in [-0.25, -0.2) is 0 Å². The van der Waals surface area contributed by atoms with Gasteiger partial charge in [-0.15, -0.1) is 0 Å². The fourth-order valence-electron chi connectivity index (χ4n) is 2.98. The second kappa shape index (κ2) is 18.9. The first-order valence-electron chi connectivity index (χ1n) is 11.3. The van der Waals surface area contributed by atoms with E-state index in [0.717, 1.165) is 32.5 Å². The standard InChI is InChI=1S/C22H46O4Si/c1-27(2,3)20-19-26-21-25-18-16-14-12-10-8-6-4-5-7-9-11-13-15-17-22(23)24/h4-21H2,1-3H3,(H,23,24). The molecule has 0 saturated carbocycles. The zero-order chi connectivity index (χ0) is 20.2. The van der Waals surface area contributed by atoms with E-state index in [4.69, 9.17) is 14.6 Å². The maximum absolute atomic E-state index is 10.4. The SMILES string of the molecule is C[Si](C)(C)CCOCOCCCCCCCCCCCCCCCC(=O)O. The van der Waals surface area contributed by atoms with E-state index in [-0.39, 0.29) is 0 Å². The van der Waals surface area contributed by atoms with Gasteiger partial charge in [-0.3, -0.25) is 4.79 Å². The molecule has 0 aliphatic heterocycles. The van der Waals surface area contributed by atoms with E-state index in [1.807, 2.05) is 0 Å². The normalized spacial score (nSPS) is 11.8. The van der Waals surface area contributed by atoms with Crippen LogP contribution in [0.15, 0.2) is 0 Å². The summed E-state index contributed by atoms with van der Waals surface area (Å²) in [7, 11) is -0.971. The highest BCUT2D eigenvalue weighted by molar-refractivity contribution is 6.76. The van der Waals surface area contributed by atoms with E-state index in [0.29, 0.717) is 13.2 Å². The summed E-state index contributed by atoms with van der Waals surface area (Å²) >= 11 is 0. The van der Waals surface area contributed by atoms with Gasteiger partial charge in [0.2, 0.25) is 0 Å². The van der Waals surface area contributed by atoms with E-state index in [1.165, 1.54) is 70.3 Å². The third-order valence-corrected chi connectivity index (χ3v) is 6.55. The van der Waals surface area contributed by atoms with Gasteiger partial charge >= 0.3 is 5.97 Å². The molecule has 0 unspecified atom stereocenters. The summed E-state index contributed by atoms with van der Waals surface area (Å²) in [6.07, 6.45) is 16.5. The van der Waals surface area contributed by atoms with Crippen molar-refractivity contribution in [2.75, 3.05) is 20.0 Å². The zero-order valence-electron chi connectivity index (χ0n) is 18.4. The van der Waals surface area contributed by atoms with Gasteiger partial charge in [0.05, 0.1) is 0 Å². The minimum absolute atomic E-state index is 0.332. The van der Waals surface area contributed by atoms with E-state index in [2.05, 4.69) is 19.6 Å². The molecule has 0 spiro atoms. The molecule has 0 aromatic rings. The fourth-order valence-corrected chi connectivity index (χ4v) is 3.74. The van der Waals surface area contributed by atoms with Crippen molar-refractivity contribution >= 4 is 14.0 Å². The molecular formula is C22H46O4Si. The van der Waals surface area contributed by atoms with Gasteiger partial charge in [0, 0.05) is 27.7 Å². The molecule has 0 aromatic heterocycles. The number of hydrogen-bond acceptors (Lipinski definition) is 3. The maximum atomic E-state index is 10.4. The third-order valence-electron chi connectivity index (χ3n) is 4.84. The average Bonchev–Trinajstić information content (AvgIpc) is 2.58. The summed E-state index contributed by atoms with van der Waals surface area (Å²) in [5.41, 5.74) is 0. The number of carboxylic acids is 1. The predicted molar refractivity (Wildman–Crippen MR) is 117 cm³/mol. The molecule has 0 saturated heterocycles. The van der Waals surface area contributed by atoms with Crippen molar-refractivity contribution < 1.29 is 19.4 Å². The second-order valence-electron chi connectivity index (χ2n) is 8.98. The third kappa shape index (κ3) is 25.6. The van der Waals surface area contributed by atoms with Crippen molar-refractivity contribution in [1.82, 2.24) is 0 Å². The average molecular weight is 403 g/mol. The zero-order valence-corrected chi connectivity index (χ0v) is 19.4. The Balaban J connectivity index is 3.04. The van der Waals surface area contributed by atoms with Crippen LogP contribution in [0.3, 0.4) is 0 Å². The van der Waals surface area contributed by atoms with Crippen LogP contribution in [0, 0.1) is 0 Å². The van der Waals surface area contributed by atoms with Crippen LogP contribution in [-0.2, 0) is 14.3 Å². The van der Waals surface area contributed by atoms with Gasteiger partial charge in [0.15, 0.2) is 0 Å². The Labute approximate surface area is 169 Å². The lowest BCUT2D eigenvalue weighted by atomic mass is 10.0. The highest BCUT2D eigenvalue weighted by Gasteiger charge is 2.11. The molecule has 0 radical (unpaired) electrons. The first-order valence-corrected chi connectivity index (χ1v) is 15.0. The molecule has 0 amide bonds. The summed E-state index contributed by atoms with van der Waals surface area (Å²) in [4.78, 5) is 10.4. The van der Waals surface area contributed by atoms with Gasteiger partial charge in [-0.1, -0.05) is 90.3 Å². The summed E-state index contributed by atoms with van der Waals surface area (Å²) in [5.74, 6) is -0.663. The molecule has 0 heterocycles. The molecule has 5 heteroatoms. The molecule has 0 bridgehead atoms. The van der Waals surface area contributed by atoms with Gasteiger partial charge in [0.25, 0.3) is 0 Å².